The molecule has 0 bridgehead atoms. The molecule has 2 heterocycles. The third kappa shape index (κ3) is 4.38. The zero-order valence-electron chi connectivity index (χ0n) is 16.9. The smallest absolute Gasteiger partial charge is 0.307 e. The van der Waals surface area contributed by atoms with Crippen molar-refractivity contribution < 1.29 is 4.79 Å². The first-order valence-corrected chi connectivity index (χ1v) is 11.8. The second-order valence-electron chi connectivity index (χ2n) is 7.66. The first-order chi connectivity index (χ1) is 14.0. The quantitative estimate of drug-likeness (QED) is 0.618. The van der Waals surface area contributed by atoms with Crippen molar-refractivity contribution in [2.24, 2.45) is 0 Å². The molecule has 0 radical (unpaired) electrons. The van der Waals surface area contributed by atoms with Gasteiger partial charge in [0.25, 0.3) is 0 Å². The number of carbonyl (C=O) groups excluding carboxylic acids is 1. The molecule has 6 heteroatoms. The van der Waals surface area contributed by atoms with Crippen LogP contribution < -0.4 is 10.2 Å². The lowest BCUT2D eigenvalue weighted by Gasteiger charge is -2.22. The Balaban J connectivity index is 1.52. The predicted molar refractivity (Wildman–Crippen MR) is 120 cm³/mol. The number of fused-ring (bicyclic) bond motifs is 1. The van der Waals surface area contributed by atoms with Crippen LogP contribution in [0.4, 0.5) is 0 Å². The molecule has 1 amide bonds. The standard InChI is InChI=1S/C23H26N2O2S2/c1-15-16(2)29-23(27)25(15)12-11-21(26)24-22(20-8-5-13-28-20)19-10-9-17-6-3-4-7-18(17)14-19/h5,8-10,13-14,22H,3-4,6-7,11-12H2,1-2H3,(H,24,26). The molecule has 2 aromatic heterocycles. The highest BCUT2D eigenvalue weighted by Gasteiger charge is 2.20. The van der Waals surface area contributed by atoms with Crippen LogP contribution in [0.1, 0.15) is 57.4 Å². The Hall–Kier alpha value is -2.18. The molecule has 0 aliphatic heterocycles. The number of rotatable bonds is 6. The molecule has 4 rings (SSSR count). The number of nitrogens with zero attached hydrogens (tertiary/aromatic N) is 1. The van der Waals surface area contributed by atoms with Gasteiger partial charge in [0.2, 0.25) is 5.91 Å². The van der Waals surface area contributed by atoms with Crippen molar-refractivity contribution in [3.63, 3.8) is 0 Å². The van der Waals surface area contributed by atoms with Crippen molar-refractivity contribution in [1.29, 1.82) is 0 Å². The molecule has 1 N–H and O–H groups in total. The number of carbonyl (C=O) groups is 1. The van der Waals surface area contributed by atoms with Crippen LogP contribution in [0.5, 0.6) is 0 Å². The van der Waals surface area contributed by atoms with Gasteiger partial charge < -0.3 is 9.88 Å². The van der Waals surface area contributed by atoms with E-state index in [-0.39, 0.29) is 16.8 Å². The molecule has 0 fully saturated rings. The molecule has 1 aliphatic rings. The van der Waals surface area contributed by atoms with Crippen LogP contribution in [0.2, 0.25) is 0 Å². The average Bonchev–Trinajstić information content (AvgIpc) is 3.33. The van der Waals surface area contributed by atoms with E-state index in [4.69, 9.17) is 0 Å². The highest BCUT2D eigenvalue weighted by Crippen LogP contribution is 2.30. The Labute approximate surface area is 179 Å². The molecule has 0 saturated carbocycles. The third-order valence-corrected chi connectivity index (χ3v) is 7.71. The van der Waals surface area contributed by atoms with Crippen molar-refractivity contribution in [2.75, 3.05) is 0 Å². The summed E-state index contributed by atoms with van der Waals surface area (Å²) in [6.45, 7) is 4.30. The topological polar surface area (TPSA) is 51.1 Å². The van der Waals surface area contributed by atoms with Gasteiger partial charge in [-0.15, -0.1) is 11.3 Å². The van der Waals surface area contributed by atoms with E-state index in [1.165, 1.54) is 35.3 Å². The summed E-state index contributed by atoms with van der Waals surface area (Å²) in [7, 11) is 0. The first-order valence-electron chi connectivity index (χ1n) is 10.1. The predicted octanol–water partition coefficient (Wildman–Crippen LogP) is 4.76. The summed E-state index contributed by atoms with van der Waals surface area (Å²) in [6, 6.07) is 10.6. The maximum absolute atomic E-state index is 12.8. The van der Waals surface area contributed by atoms with Gasteiger partial charge in [-0.05, 0) is 67.7 Å². The van der Waals surface area contributed by atoms with Gasteiger partial charge in [-0.25, -0.2) is 0 Å². The monoisotopic (exact) mass is 426 g/mol. The van der Waals surface area contributed by atoms with Crippen LogP contribution in [0.3, 0.4) is 0 Å². The highest BCUT2D eigenvalue weighted by atomic mass is 32.1. The van der Waals surface area contributed by atoms with Crippen LogP contribution in [0.25, 0.3) is 0 Å². The number of benzene rings is 1. The zero-order chi connectivity index (χ0) is 20.4. The van der Waals surface area contributed by atoms with Gasteiger partial charge in [0, 0.05) is 28.4 Å². The second-order valence-corrected chi connectivity index (χ2v) is 9.81. The Morgan fingerprint density at radius 3 is 2.66 bits per heavy atom. The molecular weight excluding hydrogens is 400 g/mol. The first kappa shape index (κ1) is 20.1. The van der Waals surface area contributed by atoms with Crippen molar-refractivity contribution in [1.82, 2.24) is 9.88 Å². The van der Waals surface area contributed by atoms with Crippen LogP contribution in [0, 0.1) is 13.8 Å². The Morgan fingerprint density at radius 1 is 1.17 bits per heavy atom. The zero-order valence-corrected chi connectivity index (χ0v) is 18.5. The number of hydrogen-bond acceptors (Lipinski definition) is 4. The van der Waals surface area contributed by atoms with Crippen LogP contribution in [-0.2, 0) is 24.2 Å². The maximum Gasteiger partial charge on any atom is 0.307 e. The number of thiophene rings is 1. The summed E-state index contributed by atoms with van der Waals surface area (Å²) >= 11 is 2.91. The maximum atomic E-state index is 12.8. The molecule has 1 atom stereocenters. The Kier molecular flexibility index (Phi) is 6.01. The lowest BCUT2D eigenvalue weighted by atomic mass is 9.89. The average molecular weight is 427 g/mol. The number of thiazole rings is 1. The minimum absolute atomic E-state index is 0.0114. The van der Waals surface area contributed by atoms with Crippen LogP contribution >= 0.6 is 22.7 Å². The highest BCUT2D eigenvalue weighted by molar-refractivity contribution is 7.10. The number of amides is 1. The number of aryl methyl sites for hydroxylation is 3. The molecular formula is C23H26N2O2S2. The fourth-order valence-electron chi connectivity index (χ4n) is 4.00. The lowest BCUT2D eigenvalue weighted by molar-refractivity contribution is -0.121. The molecule has 0 saturated heterocycles. The fourth-order valence-corrected chi connectivity index (χ4v) is 5.66. The molecule has 29 heavy (non-hydrogen) atoms. The largest absolute Gasteiger partial charge is 0.344 e. The van der Waals surface area contributed by atoms with E-state index in [0.717, 1.165) is 33.9 Å². The minimum Gasteiger partial charge on any atom is -0.344 e. The van der Waals surface area contributed by atoms with E-state index in [9.17, 15) is 9.59 Å². The molecule has 0 spiro atoms. The summed E-state index contributed by atoms with van der Waals surface area (Å²) in [5.41, 5.74) is 4.96. The molecule has 152 valence electrons. The van der Waals surface area contributed by atoms with Gasteiger partial charge in [0.05, 0.1) is 6.04 Å². The van der Waals surface area contributed by atoms with Gasteiger partial charge in [-0.2, -0.15) is 0 Å². The van der Waals surface area contributed by atoms with Gasteiger partial charge in [0.1, 0.15) is 0 Å². The second kappa shape index (κ2) is 8.67. The van der Waals surface area contributed by atoms with Crippen LogP contribution in [-0.4, -0.2) is 10.5 Å². The molecule has 1 aromatic carbocycles. The van der Waals surface area contributed by atoms with E-state index < -0.39 is 0 Å². The Bertz CT molecular complexity index is 1060. The van der Waals surface area contributed by atoms with Crippen molar-refractivity contribution in [2.45, 2.75) is 58.5 Å². The van der Waals surface area contributed by atoms with E-state index in [0.29, 0.717) is 13.0 Å². The number of hydrogen-bond donors (Lipinski definition) is 1. The van der Waals surface area contributed by atoms with Gasteiger partial charge >= 0.3 is 4.87 Å². The number of aromatic nitrogens is 1. The van der Waals surface area contributed by atoms with E-state index in [1.54, 1.807) is 15.9 Å². The van der Waals surface area contributed by atoms with Gasteiger partial charge in [-0.1, -0.05) is 35.6 Å². The van der Waals surface area contributed by atoms with E-state index in [1.807, 2.05) is 25.3 Å². The van der Waals surface area contributed by atoms with Gasteiger partial charge in [0.15, 0.2) is 0 Å². The summed E-state index contributed by atoms with van der Waals surface area (Å²) < 4.78 is 1.71. The van der Waals surface area contributed by atoms with E-state index in [2.05, 4.69) is 29.6 Å². The van der Waals surface area contributed by atoms with Crippen molar-refractivity contribution in [3.8, 4) is 0 Å². The van der Waals surface area contributed by atoms with Crippen LogP contribution in [0.15, 0.2) is 40.5 Å². The van der Waals surface area contributed by atoms with Gasteiger partial charge in [-0.3, -0.25) is 9.59 Å². The lowest BCUT2D eigenvalue weighted by Crippen LogP contribution is -2.30. The summed E-state index contributed by atoms with van der Waals surface area (Å²) in [5, 5.41) is 5.26. The van der Waals surface area contributed by atoms with E-state index >= 15 is 0 Å². The van der Waals surface area contributed by atoms with Crippen molar-refractivity contribution >= 4 is 28.6 Å². The SMILES string of the molecule is Cc1sc(=O)n(CCC(=O)NC(c2ccc3c(c2)CCCC3)c2cccs2)c1C. The third-order valence-electron chi connectivity index (χ3n) is 5.78. The molecule has 1 unspecified atom stereocenters. The summed E-state index contributed by atoms with van der Waals surface area (Å²) in [6.07, 6.45) is 5.07. The molecule has 3 aromatic rings. The molecule has 4 nitrogen and oxygen atoms in total. The fraction of sp³-hybridized carbons (Fsp3) is 0.391. The van der Waals surface area contributed by atoms with Crippen molar-refractivity contribution in [3.05, 3.63) is 77.5 Å². The normalized spacial score (nSPS) is 14.4. The molecule has 1 aliphatic carbocycles. The Morgan fingerprint density at radius 2 is 1.97 bits per heavy atom. The summed E-state index contributed by atoms with van der Waals surface area (Å²) in [4.78, 5) is 27.0. The minimum atomic E-state index is -0.142. The number of nitrogens with one attached hydrogen (secondary N) is 1. The summed E-state index contributed by atoms with van der Waals surface area (Å²) in [5.74, 6) is -0.0312.